The summed E-state index contributed by atoms with van der Waals surface area (Å²) in [4.78, 5) is 26.1. The lowest BCUT2D eigenvalue weighted by Gasteiger charge is -2.24. The second-order valence-corrected chi connectivity index (χ2v) is 9.72. The number of anilines is 2. The number of aryl methyl sites for hydroxylation is 1. The number of rotatable bonds is 7. The number of hydrogen-bond donors (Lipinski definition) is 1. The highest BCUT2D eigenvalue weighted by atomic mass is 19.4. The van der Waals surface area contributed by atoms with Crippen molar-refractivity contribution in [1.82, 2.24) is 20.0 Å². The van der Waals surface area contributed by atoms with E-state index in [1.807, 2.05) is 18.7 Å². The van der Waals surface area contributed by atoms with Gasteiger partial charge in [0, 0.05) is 43.9 Å². The summed E-state index contributed by atoms with van der Waals surface area (Å²) in [6.45, 7) is 6.46. The van der Waals surface area contributed by atoms with Crippen molar-refractivity contribution in [2.45, 2.75) is 39.3 Å². The fourth-order valence-corrected chi connectivity index (χ4v) is 4.82. The minimum atomic E-state index is -4.50. The Labute approximate surface area is 235 Å². The first-order valence-corrected chi connectivity index (χ1v) is 13.6. The molecule has 2 amide bonds. The van der Waals surface area contributed by atoms with Gasteiger partial charge in [0.25, 0.3) is 5.71 Å². The van der Waals surface area contributed by atoms with Crippen LogP contribution in [-0.4, -0.2) is 58.8 Å². The molecule has 41 heavy (non-hydrogen) atoms. The zero-order valence-corrected chi connectivity index (χ0v) is 22.9. The lowest BCUT2D eigenvalue weighted by Crippen LogP contribution is -2.38. The van der Waals surface area contributed by atoms with Crippen molar-refractivity contribution in [2.75, 3.05) is 43.0 Å². The summed E-state index contributed by atoms with van der Waals surface area (Å²) in [5.74, 6) is 1.84. The average Bonchev–Trinajstić information content (AvgIpc) is 3.22. The first-order chi connectivity index (χ1) is 19.8. The van der Waals surface area contributed by atoms with Gasteiger partial charge >= 0.3 is 12.2 Å². The lowest BCUT2D eigenvalue weighted by atomic mass is 10.1. The van der Waals surface area contributed by atoms with Crippen LogP contribution in [0.4, 0.5) is 29.5 Å². The van der Waals surface area contributed by atoms with Gasteiger partial charge in [0.2, 0.25) is 0 Å². The highest BCUT2D eigenvalue weighted by Gasteiger charge is 2.32. The van der Waals surface area contributed by atoms with Gasteiger partial charge in [0.1, 0.15) is 28.5 Å². The smallest absolute Gasteiger partial charge is 0.416 e. The molecule has 0 unspecified atom stereocenters. The van der Waals surface area contributed by atoms with E-state index in [-0.39, 0.29) is 23.0 Å². The number of fused-ring (bicyclic) bond motifs is 1. The van der Waals surface area contributed by atoms with Crippen LogP contribution in [0.15, 0.2) is 53.1 Å². The van der Waals surface area contributed by atoms with Gasteiger partial charge in [0.15, 0.2) is 0 Å². The van der Waals surface area contributed by atoms with Gasteiger partial charge in [-0.05, 0) is 56.2 Å². The Hall–Kier alpha value is -4.35. The predicted molar refractivity (Wildman–Crippen MR) is 149 cm³/mol. The number of benzene rings is 2. The number of halogens is 3. The van der Waals surface area contributed by atoms with E-state index in [0.29, 0.717) is 68.3 Å². The first kappa shape index (κ1) is 28.2. The molecule has 0 radical (unpaired) electrons. The molecule has 1 N–H and O–H groups in total. The van der Waals surface area contributed by atoms with Gasteiger partial charge in [-0.25, -0.2) is 9.78 Å². The second-order valence-electron chi connectivity index (χ2n) is 9.72. The Balaban J connectivity index is 1.41. The molecule has 216 valence electrons. The van der Waals surface area contributed by atoms with Crippen molar-refractivity contribution in [3.63, 3.8) is 0 Å². The molecule has 1 saturated heterocycles. The van der Waals surface area contributed by atoms with Crippen molar-refractivity contribution in [3.8, 4) is 17.0 Å². The van der Waals surface area contributed by atoms with Crippen molar-refractivity contribution in [3.05, 3.63) is 59.9 Å². The SMILES string of the molecule is CCCc1nc(N2CCCN(C(=O)Nc3ccc(OCC)cc3)CC2)c2c(-c3cccc(C(F)(F)F)c3)noc2n1. The largest absolute Gasteiger partial charge is 0.494 e. The Morgan fingerprint density at radius 2 is 1.85 bits per heavy atom. The van der Waals surface area contributed by atoms with E-state index in [1.54, 1.807) is 35.2 Å². The molecule has 5 rings (SSSR count). The van der Waals surface area contributed by atoms with Gasteiger partial charge in [-0.1, -0.05) is 24.2 Å². The standard InChI is InChI=1S/C29H31F3N6O3/c1-3-7-23-34-26(24-25(36-41-27(24)35-23)19-8-5-9-20(18-19)29(30,31)32)37-14-6-15-38(17-16-37)28(39)33-21-10-12-22(13-11-21)40-4-2/h5,8-13,18H,3-4,6-7,14-17H2,1-2H3,(H,33,39). The monoisotopic (exact) mass is 568 g/mol. The molecule has 12 heteroatoms. The first-order valence-electron chi connectivity index (χ1n) is 13.6. The summed E-state index contributed by atoms with van der Waals surface area (Å²) >= 11 is 0. The third-order valence-electron chi connectivity index (χ3n) is 6.80. The van der Waals surface area contributed by atoms with Crippen molar-refractivity contribution in [2.24, 2.45) is 0 Å². The molecule has 3 heterocycles. The van der Waals surface area contributed by atoms with E-state index in [1.165, 1.54) is 6.07 Å². The molecule has 0 spiro atoms. The van der Waals surface area contributed by atoms with Crippen LogP contribution in [0.3, 0.4) is 0 Å². The van der Waals surface area contributed by atoms with Crippen LogP contribution >= 0.6 is 0 Å². The van der Waals surface area contributed by atoms with E-state index in [0.717, 1.165) is 24.3 Å². The molecule has 9 nitrogen and oxygen atoms in total. The minimum absolute atomic E-state index is 0.217. The summed E-state index contributed by atoms with van der Waals surface area (Å²) in [5.41, 5.74) is 0.619. The average molecular weight is 569 g/mol. The molecule has 1 fully saturated rings. The predicted octanol–water partition coefficient (Wildman–Crippen LogP) is 6.40. The molecule has 4 aromatic rings. The Kier molecular flexibility index (Phi) is 8.27. The van der Waals surface area contributed by atoms with Crippen LogP contribution in [0.1, 0.15) is 38.1 Å². The van der Waals surface area contributed by atoms with Crippen LogP contribution in [0.25, 0.3) is 22.4 Å². The third-order valence-corrected chi connectivity index (χ3v) is 6.80. The number of carbonyl (C=O) groups is 1. The van der Waals surface area contributed by atoms with Crippen LogP contribution in [-0.2, 0) is 12.6 Å². The second kappa shape index (κ2) is 12.0. The maximum atomic E-state index is 13.4. The summed E-state index contributed by atoms with van der Waals surface area (Å²) in [6.07, 6.45) is -2.43. The molecule has 1 aliphatic heterocycles. The number of carbonyl (C=O) groups excluding carboxylic acids is 1. The van der Waals surface area contributed by atoms with Gasteiger partial charge in [-0.2, -0.15) is 18.2 Å². The quantitative estimate of drug-likeness (QED) is 0.276. The minimum Gasteiger partial charge on any atom is -0.494 e. The lowest BCUT2D eigenvalue weighted by molar-refractivity contribution is -0.137. The topological polar surface area (TPSA) is 96.6 Å². The van der Waals surface area contributed by atoms with Gasteiger partial charge < -0.3 is 24.4 Å². The number of alkyl halides is 3. The normalized spacial score (nSPS) is 14.3. The van der Waals surface area contributed by atoms with Crippen LogP contribution < -0.4 is 15.0 Å². The Morgan fingerprint density at radius 1 is 1.05 bits per heavy atom. The number of nitrogens with one attached hydrogen (secondary N) is 1. The third kappa shape index (κ3) is 6.36. The molecular weight excluding hydrogens is 537 g/mol. The number of amides is 2. The summed E-state index contributed by atoms with van der Waals surface area (Å²) < 4.78 is 51.3. The fraction of sp³-hybridized carbons (Fsp3) is 0.379. The van der Waals surface area contributed by atoms with Crippen molar-refractivity contribution in [1.29, 1.82) is 0 Å². The molecule has 2 aromatic carbocycles. The molecule has 0 bridgehead atoms. The van der Waals surface area contributed by atoms with Crippen molar-refractivity contribution >= 4 is 28.6 Å². The van der Waals surface area contributed by atoms with Crippen LogP contribution in [0.5, 0.6) is 5.75 Å². The molecular formula is C29H31F3N6O3. The Morgan fingerprint density at radius 3 is 2.59 bits per heavy atom. The summed E-state index contributed by atoms with van der Waals surface area (Å²) in [6, 6.07) is 12.0. The van der Waals surface area contributed by atoms with Crippen LogP contribution in [0, 0.1) is 0 Å². The van der Waals surface area contributed by atoms with E-state index < -0.39 is 11.7 Å². The zero-order valence-electron chi connectivity index (χ0n) is 22.9. The summed E-state index contributed by atoms with van der Waals surface area (Å²) in [7, 11) is 0. The maximum Gasteiger partial charge on any atom is 0.416 e. The van der Waals surface area contributed by atoms with Gasteiger partial charge in [-0.15, -0.1) is 0 Å². The van der Waals surface area contributed by atoms with E-state index in [2.05, 4.69) is 15.5 Å². The van der Waals surface area contributed by atoms with E-state index >= 15 is 0 Å². The highest BCUT2D eigenvalue weighted by Crippen LogP contribution is 2.37. The van der Waals surface area contributed by atoms with Gasteiger partial charge in [0.05, 0.1) is 12.2 Å². The molecule has 1 aliphatic rings. The maximum absolute atomic E-state index is 13.4. The van der Waals surface area contributed by atoms with E-state index in [9.17, 15) is 18.0 Å². The molecule has 0 atom stereocenters. The van der Waals surface area contributed by atoms with E-state index in [4.69, 9.17) is 14.2 Å². The number of nitrogens with zero attached hydrogens (tertiary/aromatic N) is 5. The number of urea groups is 1. The number of hydrogen-bond acceptors (Lipinski definition) is 7. The number of ether oxygens (including phenoxy) is 1. The van der Waals surface area contributed by atoms with Crippen LogP contribution in [0.2, 0.25) is 0 Å². The molecule has 0 aliphatic carbocycles. The zero-order chi connectivity index (χ0) is 29.0. The molecule has 0 saturated carbocycles. The van der Waals surface area contributed by atoms with Crippen molar-refractivity contribution < 1.29 is 27.2 Å². The fourth-order valence-electron chi connectivity index (χ4n) is 4.82. The number of aromatic nitrogens is 3. The highest BCUT2D eigenvalue weighted by molar-refractivity contribution is 5.98. The summed E-state index contributed by atoms with van der Waals surface area (Å²) in [5, 5.41) is 7.51. The Bertz CT molecular complexity index is 1510. The van der Waals surface area contributed by atoms with Gasteiger partial charge in [-0.3, -0.25) is 0 Å². The molecule has 2 aromatic heterocycles.